The van der Waals surface area contributed by atoms with Gasteiger partial charge in [-0.05, 0) is 11.5 Å². The molecule has 0 bridgehead atoms. The van der Waals surface area contributed by atoms with Gasteiger partial charge in [0.25, 0.3) is 0 Å². The second-order valence-corrected chi connectivity index (χ2v) is 5.15. The van der Waals surface area contributed by atoms with Crippen molar-refractivity contribution in [2.24, 2.45) is 11.7 Å². The number of hydrogen-bond donors (Lipinski definition) is 3. The van der Waals surface area contributed by atoms with Gasteiger partial charge in [-0.25, -0.2) is 0 Å². The van der Waals surface area contributed by atoms with E-state index in [1.165, 1.54) is 17.3 Å². The fraction of sp³-hybridized carbons (Fsp3) is 0.385. The Balaban J connectivity index is 0.000000360. The molecule has 0 radical (unpaired) electrons. The first-order valence-electron chi connectivity index (χ1n) is 5.64. The quantitative estimate of drug-likeness (QED) is 0.578. The number of amidine groups is 1. The number of benzene rings is 1. The topological polar surface area (TPSA) is 87.2 Å². The van der Waals surface area contributed by atoms with Crippen molar-refractivity contribution in [2.45, 2.75) is 26.0 Å². The minimum absolute atomic E-state index is 0.175. The molecule has 100 valence electrons. The normalized spacial score (nSPS) is 9.50. The third-order valence-corrected chi connectivity index (χ3v) is 2.61. The number of nitrogens with one attached hydrogen (secondary N) is 1. The first-order chi connectivity index (χ1) is 8.41. The predicted octanol–water partition coefficient (Wildman–Crippen LogP) is 2.93. The van der Waals surface area contributed by atoms with Gasteiger partial charge in [-0.15, -0.1) is 0 Å². The molecule has 5 heteroatoms. The van der Waals surface area contributed by atoms with Crippen molar-refractivity contribution in [1.82, 2.24) is 0 Å². The van der Waals surface area contributed by atoms with Crippen molar-refractivity contribution in [3.05, 3.63) is 35.9 Å². The van der Waals surface area contributed by atoms with Crippen LogP contribution in [0.5, 0.6) is 0 Å². The molecule has 4 N–H and O–H groups in total. The fourth-order valence-corrected chi connectivity index (χ4v) is 1.60. The number of carboxylic acid groups (broad SMARTS) is 1. The van der Waals surface area contributed by atoms with E-state index in [0.717, 1.165) is 5.75 Å². The largest absolute Gasteiger partial charge is 0.481 e. The molecule has 0 heterocycles. The van der Waals surface area contributed by atoms with Crippen LogP contribution in [0.2, 0.25) is 0 Å². The number of carboxylic acids is 1. The number of rotatable bonds is 4. The van der Waals surface area contributed by atoms with Crippen LogP contribution in [0.25, 0.3) is 0 Å². The molecule has 0 fully saturated rings. The summed E-state index contributed by atoms with van der Waals surface area (Å²) in [7, 11) is 0. The van der Waals surface area contributed by atoms with Gasteiger partial charge in [-0.3, -0.25) is 10.2 Å². The maximum atomic E-state index is 9.81. The number of thioether (sulfide) groups is 1. The molecule has 0 spiro atoms. The summed E-state index contributed by atoms with van der Waals surface area (Å²) in [5.41, 5.74) is 6.39. The van der Waals surface area contributed by atoms with Gasteiger partial charge in [-0.1, -0.05) is 55.9 Å². The van der Waals surface area contributed by atoms with Crippen LogP contribution in [-0.2, 0) is 10.5 Å². The molecule has 0 saturated heterocycles. The van der Waals surface area contributed by atoms with Crippen molar-refractivity contribution in [1.29, 1.82) is 5.41 Å². The number of hydrogen-bond acceptors (Lipinski definition) is 3. The van der Waals surface area contributed by atoms with Crippen LogP contribution < -0.4 is 5.73 Å². The third kappa shape index (κ3) is 11.0. The van der Waals surface area contributed by atoms with Crippen LogP contribution in [0.15, 0.2) is 30.3 Å². The predicted molar refractivity (Wildman–Crippen MR) is 76.7 cm³/mol. The van der Waals surface area contributed by atoms with Crippen molar-refractivity contribution < 1.29 is 9.90 Å². The smallest absolute Gasteiger partial charge is 0.303 e. The fourth-order valence-electron chi connectivity index (χ4n) is 1.08. The summed E-state index contributed by atoms with van der Waals surface area (Å²) in [5.74, 6) is 0.350. The summed E-state index contributed by atoms with van der Waals surface area (Å²) in [6.45, 7) is 3.77. The van der Waals surface area contributed by atoms with Crippen LogP contribution in [0, 0.1) is 11.3 Å². The van der Waals surface area contributed by atoms with Crippen molar-refractivity contribution in [3.8, 4) is 0 Å². The van der Waals surface area contributed by atoms with E-state index in [4.69, 9.17) is 16.2 Å². The van der Waals surface area contributed by atoms with Crippen molar-refractivity contribution in [3.63, 3.8) is 0 Å². The van der Waals surface area contributed by atoms with Crippen LogP contribution in [0.4, 0.5) is 0 Å². The molecule has 1 rings (SSSR count). The minimum atomic E-state index is -0.713. The Morgan fingerprint density at radius 1 is 1.39 bits per heavy atom. The lowest BCUT2D eigenvalue weighted by atomic mass is 10.1. The van der Waals surface area contributed by atoms with Gasteiger partial charge in [0.2, 0.25) is 0 Å². The standard InChI is InChI=1S/C8H10N2S.C5H10O2/c9-8(10)11-6-7-4-2-1-3-5-7;1-4(2)3-5(6)7/h1-5H,6H2,(H3,9,10);4H,3H2,1-2H3,(H,6,7). The van der Waals surface area contributed by atoms with E-state index in [1.54, 1.807) is 0 Å². The van der Waals surface area contributed by atoms with Crippen molar-refractivity contribution in [2.75, 3.05) is 0 Å². The zero-order valence-electron chi connectivity index (χ0n) is 10.7. The summed E-state index contributed by atoms with van der Waals surface area (Å²) in [5, 5.41) is 15.2. The van der Waals surface area contributed by atoms with Crippen LogP contribution in [-0.4, -0.2) is 16.2 Å². The summed E-state index contributed by atoms with van der Waals surface area (Å²) in [6.07, 6.45) is 0.278. The monoisotopic (exact) mass is 268 g/mol. The molecule has 0 aliphatic rings. The summed E-state index contributed by atoms with van der Waals surface area (Å²) < 4.78 is 0. The Bertz CT molecular complexity index is 367. The van der Waals surface area contributed by atoms with Gasteiger partial charge in [0.05, 0.1) is 0 Å². The molecule has 0 aliphatic carbocycles. The first kappa shape index (κ1) is 16.5. The highest BCUT2D eigenvalue weighted by Crippen LogP contribution is 2.09. The molecular formula is C13H20N2O2S. The molecule has 1 aromatic carbocycles. The lowest BCUT2D eigenvalue weighted by Crippen LogP contribution is -2.03. The molecule has 0 amide bonds. The number of nitrogens with two attached hydrogens (primary N) is 1. The second-order valence-electron chi connectivity index (χ2n) is 4.13. The van der Waals surface area contributed by atoms with E-state index in [1.807, 2.05) is 44.2 Å². The van der Waals surface area contributed by atoms with Gasteiger partial charge in [0, 0.05) is 12.2 Å². The Morgan fingerprint density at radius 2 is 1.94 bits per heavy atom. The summed E-state index contributed by atoms with van der Waals surface area (Å²) >= 11 is 1.35. The maximum Gasteiger partial charge on any atom is 0.303 e. The lowest BCUT2D eigenvalue weighted by molar-refractivity contribution is -0.137. The van der Waals surface area contributed by atoms with Gasteiger partial charge >= 0.3 is 5.97 Å². The molecule has 4 nitrogen and oxygen atoms in total. The average molecular weight is 268 g/mol. The van der Waals surface area contributed by atoms with E-state index >= 15 is 0 Å². The molecule has 1 aromatic rings. The Kier molecular flexibility index (Phi) is 8.74. The van der Waals surface area contributed by atoms with E-state index in [0.29, 0.717) is 0 Å². The molecular weight excluding hydrogens is 248 g/mol. The van der Waals surface area contributed by atoms with E-state index < -0.39 is 5.97 Å². The van der Waals surface area contributed by atoms with Gasteiger partial charge in [-0.2, -0.15) is 0 Å². The number of aliphatic carboxylic acids is 1. The van der Waals surface area contributed by atoms with Crippen molar-refractivity contribution >= 4 is 22.9 Å². The average Bonchev–Trinajstić information content (AvgIpc) is 2.26. The highest BCUT2D eigenvalue weighted by molar-refractivity contribution is 8.13. The summed E-state index contributed by atoms with van der Waals surface area (Å²) in [6, 6.07) is 9.99. The lowest BCUT2D eigenvalue weighted by Gasteiger charge is -1.97. The van der Waals surface area contributed by atoms with E-state index in [2.05, 4.69) is 0 Å². The molecule has 18 heavy (non-hydrogen) atoms. The molecule has 0 unspecified atom stereocenters. The van der Waals surface area contributed by atoms with Crippen LogP contribution >= 0.6 is 11.8 Å². The first-order valence-corrected chi connectivity index (χ1v) is 6.63. The third-order valence-electron chi connectivity index (χ3n) is 1.82. The molecule has 0 atom stereocenters. The molecule has 0 aliphatic heterocycles. The van der Waals surface area contributed by atoms with Gasteiger partial charge < -0.3 is 10.8 Å². The molecule has 0 saturated carbocycles. The Labute approximate surface area is 112 Å². The SMILES string of the molecule is CC(C)CC(=O)O.N=C(N)SCc1ccccc1. The van der Waals surface area contributed by atoms with Gasteiger partial charge in [0.15, 0.2) is 5.17 Å². The zero-order chi connectivity index (χ0) is 14.0. The Morgan fingerprint density at radius 3 is 2.28 bits per heavy atom. The van der Waals surface area contributed by atoms with E-state index in [-0.39, 0.29) is 17.5 Å². The number of carbonyl (C=O) groups is 1. The highest BCUT2D eigenvalue weighted by atomic mass is 32.2. The van der Waals surface area contributed by atoms with E-state index in [9.17, 15) is 4.79 Å². The van der Waals surface area contributed by atoms with Crippen LogP contribution in [0.3, 0.4) is 0 Å². The highest BCUT2D eigenvalue weighted by Gasteiger charge is 1.98. The maximum absolute atomic E-state index is 9.81. The minimum Gasteiger partial charge on any atom is -0.481 e. The second kappa shape index (κ2) is 9.53. The Hall–Kier alpha value is -1.49. The zero-order valence-corrected chi connectivity index (χ0v) is 11.5. The summed E-state index contributed by atoms with van der Waals surface area (Å²) in [4.78, 5) is 9.81. The van der Waals surface area contributed by atoms with Gasteiger partial charge in [0.1, 0.15) is 0 Å². The molecule has 0 aromatic heterocycles. The van der Waals surface area contributed by atoms with Crippen LogP contribution in [0.1, 0.15) is 25.8 Å².